The summed E-state index contributed by atoms with van der Waals surface area (Å²) in [5.74, 6) is -2.56. The van der Waals surface area contributed by atoms with Gasteiger partial charge in [0.05, 0.1) is 0 Å². The van der Waals surface area contributed by atoms with Crippen molar-refractivity contribution >= 4 is 28.7 Å². The Morgan fingerprint density at radius 3 is 2.63 bits per heavy atom. The molecule has 2 amide bonds. The molecule has 0 aliphatic carbocycles. The summed E-state index contributed by atoms with van der Waals surface area (Å²) >= 11 is 0. The van der Waals surface area contributed by atoms with Gasteiger partial charge in [-0.2, -0.15) is 0 Å². The molecular weight excluding hydrogens is 353 g/mol. The number of carboxylic acids is 1. The van der Waals surface area contributed by atoms with Crippen molar-refractivity contribution in [3.8, 4) is 0 Å². The van der Waals surface area contributed by atoms with Crippen LogP contribution in [0.1, 0.15) is 25.8 Å². The van der Waals surface area contributed by atoms with E-state index in [1.54, 1.807) is 31.3 Å². The van der Waals surface area contributed by atoms with Crippen LogP contribution in [-0.2, 0) is 20.8 Å². The molecule has 0 fully saturated rings. The van der Waals surface area contributed by atoms with Crippen molar-refractivity contribution in [1.29, 1.82) is 0 Å². The fourth-order valence-electron chi connectivity index (χ4n) is 2.77. The second kappa shape index (κ2) is 8.98. The van der Waals surface area contributed by atoms with Crippen LogP contribution in [0.25, 0.3) is 10.9 Å². The van der Waals surface area contributed by atoms with Crippen molar-refractivity contribution in [3.05, 3.63) is 47.9 Å². The van der Waals surface area contributed by atoms with E-state index >= 15 is 0 Å². The first-order valence-electron chi connectivity index (χ1n) is 8.48. The van der Waals surface area contributed by atoms with Gasteiger partial charge in [0.25, 0.3) is 0 Å². The third-order valence-electron chi connectivity index (χ3n) is 4.07. The third-order valence-corrected chi connectivity index (χ3v) is 4.07. The molecular formula is C19H22FN3O4. The lowest BCUT2D eigenvalue weighted by atomic mass is 10.0. The minimum atomic E-state index is -1.16. The quantitative estimate of drug-likeness (QED) is 0.528. The molecule has 1 heterocycles. The standard InChI is InChI=1S/C19H22FN3O4/c1-3-4-5-15(19(26)27)23-18(25)17(22-11(2)24)8-12-10-21-16-9-13(20)6-7-14(12)16/h3-4,6-7,9-10,15,17,21H,5,8H2,1-2H3,(H,22,24)(H,23,25)(H,26,27)/b4-3+. The molecule has 2 rings (SSSR count). The first kappa shape index (κ1) is 20.2. The Bertz CT molecular complexity index is 875. The molecule has 7 nitrogen and oxygen atoms in total. The van der Waals surface area contributed by atoms with Gasteiger partial charge in [-0.3, -0.25) is 9.59 Å². The van der Waals surface area contributed by atoms with Crippen LogP contribution in [0.15, 0.2) is 36.5 Å². The topological polar surface area (TPSA) is 111 Å². The molecule has 0 bridgehead atoms. The number of aromatic amines is 1. The lowest BCUT2D eigenvalue weighted by Gasteiger charge is -2.20. The van der Waals surface area contributed by atoms with E-state index in [2.05, 4.69) is 15.6 Å². The van der Waals surface area contributed by atoms with E-state index in [1.165, 1.54) is 19.1 Å². The molecule has 1 aromatic heterocycles. The van der Waals surface area contributed by atoms with Crippen molar-refractivity contribution in [2.45, 2.75) is 38.8 Å². The van der Waals surface area contributed by atoms with Crippen LogP contribution in [-0.4, -0.2) is 40.0 Å². The average Bonchev–Trinajstić information content (AvgIpc) is 2.99. The smallest absolute Gasteiger partial charge is 0.326 e. The Balaban J connectivity index is 2.21. The van der Waals surface area contributed by atoms with Gasteiger partial charge in [-0.25, -0.2) is 9.18 Å². The summed E-state index contributed by atoms with van der Waals surface area (Å²) in [5, 5.41) is 15.0. The minimum Gasteiger partial charge on any atom is -0.480 e. The van der Waals surface area contributed by atoms with Gasteiger partial charge in [0.1, 0.15) is 17.9 Å². The highest BCUT2D eigenvalue weighted by molar-refractivity contribution is 5.91. The molecule has 4 N–H and O–H groups in total. The zero-order valence-corrected chi connectivity index (χ0v) is 15.1. The van der Waals surface area contributed by atoms with Crippen molar-refractivity contribution in [3.63, 3.8) is 0 Å². The molecule has 27 heavy (non-hydrogen) atoms. The van der Waals surface area contributed by atoms with Crippen molar-refractivity contribution in [2.24, 2.45) is 0 Å². The molecule has 0 saturated carbocycles. The summed E-state index contributed by atoms with van der Waals surface area (Å²) in [6.45, 7) is 3.03. The van der Waals surface area contributed by atoms with Gasteiger partial charge >= 0.3 is 5.97 Å². The van der Waals surface area contributed by atoms with Gasteiger partial charge in [0.15, 0.2) is 0 Å². The number of amides is 2. The zero-order chi connectivity index (χ0) is 20.0. The normalized spacial score (nSPS) is 13.4. The summed E-state index contributed by atoms with van der Waals surface area (Å²) in [6.07, 6.45) is 5.24. The Labute approximate surface area is 155 Å². The molecule has 2 aromatic rings. The lowest BCUT2D eigenvalue weighted by molar-refractivity contribution is -0.142. The molecule has 0 aliphatic heterocycles. The summed E-state index contributed by atoms with van der Waals surface area (Å²) in [6, 6.07) is 2.18. The van der Waals surface area contributed by atoms with Gasteiger partial charge in [-0.1, -0.05) is 12.2 Å². The van der Waals surface area contributed by atoms with E-state index in [0.717, 1.165) is 5.39 Å². The number of halogens is 1. The monoisotopic (exact) mass is 375 g/mol. The number of hydrogen-bond donors (Lipinski definition) is 4. The molecule has 0 spiro atoms. The molecule has 2 unspecified atom stereocenters. The lowest BCUT2D eigenvalue weighted by Crippen LogP contribution is -2.52. The summed E-state index contributed by atoms with van der Waals surface area (Å²) in [5.41, 5.74) is 1.28. The molecule has 0 radical (unpaired) electrons. The Hall–Kier alpha value is -3.16. The van der Waals surface area contributed by atoms with E-state index in [9.17, 15) is 23.9 Å². The maximum absolute atomic E-state index is 13.3. The number of allylic oxidation sites excluding steroid dienone is 1. The van der Waals surface area contributed by atoms with Gasteiger partial charge in [-0.15, -0.1) is 0 Å². The van der Waals surface area contributed by atoms with Crippen LogP contribution in [0.5, 0.6) is 0 Å². The number of benzene rings is 1. The van der Waals surface area contributed by atoms with Crippen LogP contribution in [0.3, 0.4) is 0 Å². The van der Waals surface area contributed by atoms with E-state index in [4.69, 9.17) is 0 Å². The average molecular weight is 375 g/mol. The Morgan fingerprint density at radius 1 is 1.26 bits per heavy atom. The number of nitrogens with one attached hydrogen (secondary N) is 3. The molecule has 8 heteroatoms. The number of carboxylic acid groups (broad SMARTS) is 1. The second-order valence-electron chi connectivity index (χ2n) is 6.17. The van der Waals surface area contributed by atoms with E-state index in [0.29, 0.717) is 11.1 Å². The van der Waals surface area contributed by atoms with Gasteiger partial charge in [0.2, 0.25) is 11.8 Å². The number of fused-ring (bicyclic) bond motifs is 1. The number of hydrogen-bond acceptors (Lipinski definition) is 3. The van der Waals surface area contributed by atoms with Crippen LogP contribution in [0.2, 0.25) is 0 Å². The first-order valence-corrected chi connectivity index (χ1v) is 8.48. The molecule has 2 atom stereocenters. The number of aliphatic carboxylic acids is 1. The van der Waals surface area contributed by atoms with Gasteiger partial charge in [0, 0.05) is 30.4 Å². The zero-order valence-electron chi connectivity index (χ0n) is 15.1. The highest BCUT2D eigenvalue weighted by Gasteiger charge is 2.26. The fourth-order valence-corrected chi connectivity index (χ4v) is 2.77. The summed E-state index contributed by atoms with van der Waals surface area (Å²) in [4.78, 5) is 38.4. The van der Waals surface area contributed by atoms with Crippen molar-refractivity contribution in [2.75, 3.05) is 0 Å². The highest BCUT2D eigenvalue weighted by atomic mass is 19.1. The SMILES string of the molecule is C/C=C/CC(NC(=O)C(Cc1c[nH]c2cc(F)ccc12)NC(C)=O)C(=O)O. The third kappa shape index (κ3) is 5.40. The number of carbonyl (C=O) groups is 3. The van der Waals surface area contributed by atoms with Gasteiger partial charge in [-0.05, 0) is 37.1 Å². The molecule has 0 saturated heterocycles. The molecule has 144 valence electrons. The number of aromatic nitrogens is 1. The van der Waals surface area contributed by atoms with E-state index < -0.39 is 29.9 Å². The molecule has 1 aromatic carbocycles. The van der Waals surface area contributed by atoms with E-state index in [-0.39, 0.29) is 18.7 Å². The number of H-pyrrole nitrogens is 1. The van der Waals surface area contributed by atoms with Crippen LogP contribution in [0.4, 0.5) is 4.39 Å². The highest BCUT2D eigenvalue weighted by Crippen LogP contribution is 2.20. The van der Waals surface area contributed by atoms with Crippen LogP contribution < -0.4 is 10.6 Å². The Morgan fingerprint density at radius 2 is 2.00 bits per heavy atom. The number of carbonyl (C=O) groups excluding carboxylic acids is 2. The maximum atomic E-state index is 13.3. The second-order valence-corrected chi connectivity index (χ2v) is 6.17. The van der Waals surface area contributed by atoms with Crippen LogP contribution in [0, 0.1) is 5.82 Å². The van der Waals surface area contributed by atoms with Crippen molar-refractivity contribution < 1.29 is 23.9 Å². The minimum absolute atomic E-state index is 0.132. The van der Waals surface area contributed by atoms with Crippen LogP contribution >= 0.6 is 0 Å². The predicted molar refractivity (Wildman–Crippen MR) is 98.6 cm³/mol. The molecule has 0 aliphatic rings. The summed E-state index contributed by atoms with van der Waals surface area (Å²) < 4.78 is 13.3. The van der Waals surface area contributed by atoms with Crippen molar-refractivity contribution in [1.82, 2.24) is 15.6 Å². The summed E-state index contributed by atoms with van der Waals surface area (Å²) in [7, 11) is 0. The largest absolute Gasteiger partial charge is 0.480 e. The first-order chi connectivity index (χ1) is 12.8. The predicted octanol–water partition coefficient (Wildman–Crippen LogP) is 1.89. The number of rotatable bonds is 8. The van der Waals surface area contributed by atoms with Gasteiger partial charge < -0.3 is 20.7 Å². The Kier molecular flexibility index (Phi) is 6.70. The maximum Gasteiger partial charge on any atom is 0.326 e. The van der Waals surface area contributed by atoms with E-state index in [1.807, 2.05) is 0 Å². The fraction of sp³-hybridized carbons (Fsp3) is 0.316.